The lowest BCUT2D eigenvalue weighted by Crippen LogP contribution is -2.67. The second-order valence-corrected chi connectivity index (χ2v) is 18.1. The number of aliphatic hydroxyl groups is 5. The smallest absolute Gasteiger partial charge is 0.311 e. The molecule has 4 saturated heterocycles. The fourth-order valence-corrected chi connectivity index (χ4v) is 10.2. The van der Waals surface area contributed by atoms with E-state index in [4.69, 9.17) is 33.2 Å². The first kappa shape index (κ1) is 46.6. The Labute approximate surface area is 328 Å². The van der Waals surface area contributed by atoms with E-state index in [0.717, 1.165) is 0 Å². The number of carbonyl (C=O) groups excluding carboxylic acids is 1. The van der Waals surface area contributed by atoms with Crippen LogP contribution in [0.1, 0.15) is 94.9 Å². The summed E-state index contributed by atoms with van der Waals surface area (Å²) in [5.74, 6) is -3.01. The molecule has 0 aromatic carbocycles. The number of aliphatic hydroxyl groups excluding tert-OH is 3. The Kier molecular flexibility index (Phi) is 15.3. The summed E-state index contributed by atoms with van der Waals surface area (Å²) in [6.45, 7) is 17.7. The molecule has 0 aromatic rings. The van der Waals surface area contributed by atoms with Gasteiger partial charge in [-0.3, -0.25) is 9.69 Å². The van der Waals surface area contributed by atoms with Gasteiger partial charge in [-0.15, -0.1) is 0 Å². The predicted octanol–water partition coefficient (Wildman–Crippen LogP) is 1.87. The highest BCUT2D eigenvalue weighted by molar-refractivity contribution is 5.73. The van der Waals surface area contributed by atoms with E-state index in [1.54, 1.807) is 34.6 Å². The zero-order chi connectivity index (χ0) is 41.5. The molecule has 15 heteroatoms. The van der Waals surface area contributed by atoms with Gasteiger partial charge in [0.2, 0.25) is 0 Å². The van der Waals surface area contributed by atoms with Crippen LogP contribution in [-0.4, -0.2) is 173 Å². The van der Waals surface area contributed by atoms with Crippen molar-refractivity contribution < 1.29 is 63.5 Å². The van der Waals surface area contributed by atoms with Gasteiger partial charge in [0, 0.05) is 37.5 Å². The van der Waals surface area contributed by atoms with Crippen molar-refractivity contribution in [3.05, 3.63) is 0 Å². The Balaban J connectivity index is 1.87. The summed E-state index contributed by atoms with van der Waals surface area (Å²) in [6, 6.07) is -0.595. The van der Waals surface area contributed by atoms with Crippen LogP contribution >= 0.6 is 0 Å². The first-order chi connectivity index (χ1) is 25.4. The van der Waals surface area contributed by atoms with E-state index in [9.17, 15) is 30.3 Å². The van der Waals surface area contributed by atoms with E-state index >= 15 is 0 Å². The molecule has 4 rings (SSSR count). The summed E-state index contributed by atoms with van der Waals surface area (Å²) in [5, 5.41) is 58.1. The number of rotatable bonds is 8. The molecular formula is C40H74N2O13. The van der Waals surface area contributed by atoms with E-state index in [0.29, 0.717) is 6.42 Å². The fraction of sp³-hybridized carbons (Fsp3) is 0.975. The van der Waals surface area contributed by atoms with E-state index in [-0.39, 0.29) is 55.9 Å². The molecule has 20 atom stereocenters. The number of hydrogen-bond acceptors (Lipinski definition) is 15. The second-order valence-electron chi connectivity index (χ2n) is 18.1. The molecule has 15 nitrogen and oxygen atoms in total. The number of likely N-dealkylation sites (N-methyl/N-ethyl adjacent to an activating group) is 2. The quantitative estimate of drug-likeness (QED) is 0.224. The van der Waals surface area contributed by atoms with Gasteiger partial charge in [-0.05, 0) is 87.9 Å². The number of methoxy groups -OCH3 is 1. The molecule has 0 saturated carbocycles. The molecule has 0 amide bonds. The Morgan fingerprint density at radius 1 is 0.945 bits per heavy atom. The number of nitrogens with zero attached hydrogens (tertiary/aromatic N) is 2. The van der Waals surface area contributed by atoms with E-state index in [1.165, 1.54) is 7.11 Å². The minimum Gasteiger partial charge on any atom is -0.459 e. The average Bonchev–Trinajstić information content (AvgIpc) is 3.10. The van der Waals surface area contributed by atoms with Gasteiger partial charge in [-0.2, -0.15) is 0 Å². The lowest BCUT2D eigenvalue weighted by Gasteiger charge is -2.55. The lowest BCUT2D eigenvalue weighted by molar-refractivity contribution is -0.319. The maximum absolute atomic E-state index is 14.4. The molecule has 4 aliphatic heterocycles. The third kappa shape index (κ3) is 9.55. The minimum absolute atomic E-state index is 0.134. The summed E-state index contributed by atoms with van der Waals surface area (Å²) in [6.07, 6.45) is -8.56. The number of ether oxygens (including phenoxy) is 7. The number of cyclic esters (lactones) is 1. The lowest BCUT2D eigenvalue weighted by atomic mass is 9.71. The van der Waals surface area contributed by atoms with Crippen molar-refractivity contribution in [1.29, 1.82) is 0 Å². The zero-order valence-electron chi connectivity index (χ0n) is 35.7. The van der Waals surface area contributed by atoms with Gasteiger partial charge in [0.25, 0.3) is 0 Å². The van der Waals surface area contributed by atoms with Crippen molar-refractivity contribution in [2.45, 2.75) is 191 Å². The van der Waals surface area contributed by atoms with Crippen molar-refractivity contribution in [3.8, 4) is 0 Å². The first-order valence-corrected chi connectivity index (χ1v) is 20.3. The largest absolute Gasteiger partial charge is 0.459 e. The highest BCUT2D eigenvalue weighted by Crippen LogP contribution is 2.44. The van der Waals surface area contributed by atoms with Crippen molar-refractivity contribution in [2.75, 3.05) is 34.9 Å². The summed E-state index contributed by atoms with van der Waals surface area (Å²) >= 11 is 0. The third-order valence-corrected chi connectivity index (χ3v) is 13.4. The minimum atomic E-state index is -1.66. The third-order valence-electron chi connectivity index (χ3n) is 13.4. The Hall–Kier alpha value is -1.05. The van der Waals surface area contributed by atoms with Crippen molar-refractivity contribution >= 4 is 5.97 Å². The normalized spacial score (nSPS) is 51.1. The van der Waals surface area contributed by atoms with Crippen LogP contribution in [0.15, 0.2) is 0 Å². The molecule has 4 fully saturated rings. The van der Waals surface area contributed by atoms with Gasteiger partial charge < -0.3 is 63.6 Å². The molecular weight excluding hydrogens is 716 g/mol. The standard InChI is InChI=1S/C40H74N2O13/c1-15-27-40(10,48)35-22(4)30(42(13)28(19-43)53-35)20(2)17-38(8,47)34(55-37-31(44)26(41(11)12)16-21(3)50-37)23(5)32(24(6)36(46)52-27)54-29-18-39(9,49-14)33(45)25(7)51-29/h20-35,37,43-45,47-48H,15-19H2,1-14H3/t20-,21-,22+,23+,24-,25+,26+,27-,28+,29+,30+,31-,32+,33+,34-,35-,37+,38-,39-,40-/m1/s1. The zero-order valence-corrected chi connectivity index (χ0v) is 35.7. The summed E-state index contributed by atoms with van der Waals surface area (Å²) in [4.78, 5) is 18.3. The highest BCUT2D eigenvalue weighted by Gasteiger charge is 2.56. The molecule has 4 aliphatic rings. The van der Waals surface area contributed by atoms with Gasteiger partial charge in [0.1, 0.15) is 30.1 Å². The number of hydrogen-bond donors (Lipinski definition) is 5. The van der Waals surface area contributed by atoms with Crippen LogP contribution in [0.5, 0.6) is 0 Å². The molecule has 0 radical (unpaired) electrons. The van der Waals surface area contributed by atoms with Crippen LogP contribution in [0.4, 0.5) is 0 Å². The van der Waals surface area contributed by atoms with Crippen LogP contribution in [0.3, 0.4) is 0 Å². The number of carbonyl (C=O) groups is 1. The molecule has 322 valence electrons. The Bertz CT molecular complexity index is 1260. The van der Waals surface area contributed by atoms with Gasteiger partial charge in [0.05, 0.1) is 54.2 Å². The monoisotopic (exact) mass is 791 g/mol. The van der Waals surface area contributed by atoms with Crippen LogP contribution < -0.4 is 0 Å². The maximum Gasteiger partial charge on any atom is 0.311 e. The molecule has 4 heterocycles. The average molecular weight is 791 g/mol. The predicted molar refractivity (Wildman–Crippen MR) is 203 cm³/mol. The molecule has 0 spiro atoms. The van der Waals surface area contributed by atoms with Crippen LogP contribution in [0.2, 0.25) is 0 Å². The fourth-order valence-electron chi connectivity index (χ4n) is 10.2. The van der Waals surface area contributed by atoms with E-state index < -0.39 is 96.1 Å². The first-order valence-electron chi connectivity index (χ1n) is 20.3. The summed E-state index contributed by atoms with van der Waals surface area (Å²) in [7, 11) is 7.14. The molecule has 2 bridgehead atoms. The molecule has 55 heavy (non-hydrogen) atoms. The van der Waals surface area contributed by atoms with Gasteiger partial charge in [0.15, 0.2) is 12.6 Å². The number of esters is 1. The van der Waals surface area contributed by atoms with E-state index in [1.807, 2.05) is 65.6 Å². The van der Waals surface area contributed by atoms with Gasteiger partial charge in [-0.1, -0.05) is 27.7 Å². The molecule has 0 aliphatic carbocycles. The second kappa shape index (κ2) is 18.1. The van der Waals surface area contributed by atoms with Crippen LogP contribution in [0.25, 0.3) is 0 Å². The van der Waals surface area contributed by atoms with Crippen molar-refractivity contribution in [1.82, 2.24) is 9.80 Å². The maximum atomic E-state index is 14.4. The van der Waals surface area contributed by atoms with Crippen molar-refractivity contribution in [3.63, 3.8) is 0 Å². The van der Waals surface area contributed by atoms with E-state index in [2.05, 4.69) is 0 Å². The highest BCUT2D eigenvalue weighted by atomic mass is 16.7. The Morgan fingerprint density at radius 3 is 2.15 bits per heavy atom. The molecule has 5 N–H and O–H groups in total. The SMILES string of the molecule is CC[C@H]1OC(=O)[C@H](C)[C@@H](O[C@H]2C[C@@](C)(OC)[C@@H](O)[C@H](C)O2)[C@H](C)[C@@H](O[C@@H]2O[C@H](C)C[C@H](N(C)C)[C@H]2O)[C@](C)(O)C[C@@H](C)[C@H]2[C@H](C)[C@@H](O[C@@H](CO)N2C)[C@]1(C)O. The van der Waals surface area contributed by atoms with Crippen LogP contribution in [-0.2, 0) is 38.0 Å². The van der Waals surface area contributed by atoms with Crippen molar-refractivity contribution in [2.24, 2.45) is 23.7 Å². The molecule has 0 unspecified atom stereocenters. The topological polar surface area (TPSA) is 189 Å². The van der Waals surface area contributed by atoms with Gasteiger partial charge in [-0.25, -0.2) is 0 Å². The van der Waals surface area contributed by atoms with Gasteiger partial charge >= 0.3 is 5.97 Å². The summed E-state index contributed by atoms with van der Waals surface area (Å²) < 4.78 is 44.3. The Morgan fingerprint density at radius 2 is 1.58 bits per heavy atom. The number of fused-ring (bicyclic) bond motifs is 2. The summed E-state index contributed by atoms with van der Waals surface area (Å²) in [5.41, 5.74) is -4.31. The molecule has 0 aromatic heterocycles. The van der Waals surface area contributed by atoms with Crippen LogP contribution in [0, 0.1) is 23.7 Å².